The number of ether oxygens (including phenoxy) is 1. The van der Waals surface area contributed by atoms with Crippen molar-refractivity contribution in [2.75, 3.05) is 19.0 Å². The van der Waals surface area contributed by atoms with E-state index in [1.54, 1.807) is 13.0 Å². The van der Waals surface area contributed by atoms with Crippen LogP contribution in [0, 0.1) is 6.92 Å². The van der Waals surface area contributed by atoms with Gasteiger partial charge in [-0.2, -0.15) is 0 Å². The number of sulfonamides is 1. The third-order valence-electron chi connectivity index (χ3n) is 2.99. The number of anilines is 1. The lowest BCUT2D eigenvalue weighted by atomic mass is 10.2. The maximum Gasteiger partial charge on any atom is 0.337 e. The predicted octanol–water partition coefficient (Wildman–Crippen LogP) is 1.76. The van der Waals surface area contributed by atoms with E-state index < -0.39 is 28.4 Å². The molecule has 0 spiro atoms. The Morgan fingerprint density at radius 3 is 2.33 bits per heavy atom. The van der Waals surface area contributed by atoms with Gasteiger partial charge in [0.05, 0.1) is 19.2 Å². The van der Waals surface area contributed by atoms with Gasteiger partial charge in [0.15, 0.2) is 0 Å². The van der Waals surface area contributed by atoms with Gasteiger partial charge in [0.25, 0.3) is 10.0 Å². The SMILES string of the molecule is COC(=O)c1ccc(NC(=O)CNS(=O)(=O)c2ccc(C)s2)cc1. The summed E-state index contributed by atoms with van der Waals surface area (Å²) < 4.78 is 31.0. The summed E-state index contributed by atoms with van der Waals surface area (Å²) in [5, 5.41) is 2.54. The molecule has 0 radical (unpaired) electrons. The first kappa shape index (κ1) is 18.1. The van der Waals surface area contributed by atoms with Crippen LogP contribution in [0.3, 0.4) is 0 Å². The van der Waals surface area contributed by atoms with Crippen LogP contribution in [0.2, 0.25) is 0 Å². The first-order chi connectivity index (χ1) is 11.3. The molecule has 0 saturated carbocycles. The lowest BCUT2D eigenvalue weighted by Crippen LogP contribution is -2.32. The molecule has 0 atom stereocenters. The summed E-state index contributed by atoms with van der Waals surface area (Å²) in [4.78, 5) is 24.0. The van der Waals surface area contributed by atoms with Crippen molar-refractivity contribution in [3.63, 3.8) is 0 Å². The zero-order chi connectivity index (χ0) is 17.7. The fourth-order valence-electron chi connectivity index (χ4n) is 1.80. The zero-order valence-electron chi connectivity index (χ0n) is 13.0. The highest BCUT2D eigenvalue weighted by molar-refractivity contribution is 7.91. The van der Waals surface area contributed by atoms with Crippen LogP contribution in [0.4, 0.5) is 5.69 Å². The molecule has 2 aromatic rings. The van der Waals surface area contributed by atoms with Crippen LogP contribution in [0.25, 0.3) is 0 Å². The van der Waals surface area contributed by atoms with Gasteiger partial charge >= 0.3 is 5.97 Å². The first-order valence-electron chi connectivity index (χ1n) is 6.86. The van der Waals surface area contributed by atoms with Crippen molar-refractivity contribution in [1.82, 2.24) is 4.72 Å². The fraction of sp³-hybridized carbons (Fsp3) is 0.200. The summed E-state index contributed by atoms with van der Waals surface area (Å²) in [5.74, 6) is -0.996. The molecule has 7 nitrogen and oxygen atoms in total. The third-order valence-corrected chi connectivity index (χ3v) is 5.89. The fourth-order valence-corrected chi connectivity index (χ4v) is 4.11. The van der Waals surface area contributed by atoms with Gasteiger partial charge < -0.3 is 10.1 Å². The van der Waals surface area contributed by atoms with E-state index in [2.05, 4.69) is 14.8 Å². The number of amides is 1. The van der Waals surface area contributed by atoms with Crippen molar-refractivity contribution in [2.45, 2.75) is 11.1 Å². The summed E-state index contributed by atoms with van der Waals surface area (Å²) in [6, 6.07) is 9.25. The van der Waals surface area contributed by atoms with E-state index in [-0.39, 0.29) is 4.21 Å². The molecule has 0 aliphatic rings. The summed E-state index contributed by atoms with van der Waals surface area (Å²) >= 11 is 1.13. The molecule has 0 unspecified atom stereocenters. The molecule has 0 bridgehead atoms. The number of carbonyl (C=O) groups is 2. The van der Waals surface area contributed by atoms with E-state index in [1.807, 2.05) is 0 Å². The van der Waals surface area contributed by atoms with E-state index in [4.69, 9.17) is 0 Å². The Balaban J connectivity index is 1.92. The highest BCUT2D eigenvalue weighted by Crippen LogP contribution is 2.20. The predicted molar refractivity (Wildman–Crippen MR) is 90.7 cm³/mol. The van der Waals surface area contributed by atoms with E-state index in [1.165, 1.54) is 37.4 Å². The molecule has 1 aromatic heterocycles. The maximum absolute atomic E-state index is 12.0. The zero-order valence-corrected chi connectivity index (χ0v) is 14.7. The minimum atomic E-state index is -3.70. The first-order valence-corrected chi connectivity index (χ1v) is 9.16. The molecule has 0 saturated heterocycles. The van der Waals surface area contributed by atoms with Gasteiger partial charge in [-0.05, 0) is 43.3 Å². The van der Waals surface area contributed by atoms with Gasteiger partial charge in [-0.3, -0.25) is 4.79 Å². The number of aryl methyl sites for hydroxylation is 1. The lowest BCUT2D eigenvalue weighted by molar-refractivity contribution is -0.115. The standard InChI is InChI=1S/C15H16N2O5S2/c1-10-3-8-14(23-10)24(20,21)16-9-13(18)17-12-6-4-11(5-7-12)15(19)22-2/h3-8,16H,9H2,1-2H3,(H,17,18). The Morgan fingerprint density at radius 1 is 1.12 bits per heavy atom. The minimum Gasteiger partial charge on any atom is -0.465 e. The molecule has 1 heterocycles. The molecule has 1 aromatic carbocycles. The molecule has 0 fully saturated rings. The number of nitrogens with one attached hydrogen (secondary N) is 2. The number of carbonyl (C=O) groups excluding carboxylic acids is 2. The van der Waals surface area contributed by atoms with Crippen molar-refractivity contribution in [1.29, 1.82) is 0 Å². The van der Waals surface area contributed by atoms with Crippen molar-refractivity contribution in [2.24, 2.45) is 0 Å². The Bertz CT molecular complexity index is 841. The molecule has 24 heavy (non-hydrogen) atoms. The van der Waals surface area contributed by atoms with Gasteiger partial charge in [-0.1, -0.05) is 0 Å². The van der Waals surface area contributed by atoms with Crippen LogP contribution >= 0.6 is 11.3 Å². The number of hydrogen-bond acceptors (Lipinski definition) is 6. The molecule has 2 N–H and O–H groups in total. The van der Waals surface area contributed by atoms with Crippen molar-refractivity contribution < 1.29 is 22.7 Å². The highest BCUT2D eigenvalue weighted by atomic mass is 32.2. The molecule has 1 amide bonds. The van der Waals surface area contributed by atoms with Crippen LogP contribution in [-0.2, 0) is 19.6 Å². The van der Waals surface area contributed by atoms with Crippen LogP contribution in [0.15, 0.2) is 40.6 Å². The molecule has 0 aliphatic carbocycles. The number of esters is 1. The van der Waals surface area contributed by atoms with E-state index in [0.29, 0.717) is 11.3 Å². The molecular formula is C15H16N2O5S2. The summed E-state index contributed by atoms with van der Waals surface area (Å²) in [7, 11) is -2.42. The Kier molecular flexibility index (Phi) is 5.71. The Hall–Kier alpha value is -2.23. The lowest BCUT2D eigenvalue weighted by Gasteiger charge is -2.07. The quantitative estimate of drug-likeness (QED) is 0.757. The van der Waals surface area contributed by atoms with Gasteiger partial charge in [-0.15, -0.1) is 11.3 Å². The van der Waals surface area contributed by atoms with Gasteiger partial charge in [-0.25, -0.2) is 17.9 Å². The average molecular weight is 368 g/mol. The van der Waals surface area contributed by atoms with E-state index in [9.17, 15) is 18.0 Å². The smallest absolute Gasteiger partial charge is 0.337 e. The van der Waals surface area contributed by atoms with Crippen LogP contribution < -0.4 is 10.0 Å². The second kappa shape index (κ2) is 7.56. The third kappa shape index (κ3) is 4.63. The average Bonchev–Trinajstić information content (AvgIpc) is 3.00. The number of rotatable bonds is 6. The maximum atomic E-state index is 12.0. The molecule has 2 rings (SSSR count). The van der Waals surface area contributed by atoms with Crippen LogP contribution in [0.5, 0.6) is 0 Å². The molecular weight excluding hydrogens is 352 g/mol. The van der Waals surface area contributed by atoms with Crippen LogP contribution in [0.1, 0.15) is 15.2 Å². The number of methoxy groups -OCH3 is 1. The molecule has 128 valence electrons. The second-order valence-corrected chi connectivity index (χ2v) is 8.09. The Morgan fingerprint density at radius 2 is 1.79 bits per heavy atom. The van der Waals surface area contributed by atoms with E-state index >= 15 is 0 Å². The Labute approximate surface area is 143 Å². The minimum absolute atomic E-state index is 0.162. The summed E-state index contributed by atoms with van der Waals surface area (Å²) in [6.07, 6.45) is 0. The second-order valence-electron chi connectivity index (χ2n) is 4.81. The molecule has 9 heteroatoms. The summed E-state index contributed by atoms with van der Waals surface area (Å²) in [5.41, 5.74) is 0.795. The van der Waals surface area contributed by atoms with Gasteiger partial charge in [0.2, 0.25) is 5.91 Å². The number of thiophene rings is 1. The van der Waals surface area contributed by atoms with Crippen LogP contribution in [-0.4, -0.2) is 33.9 Å². The largest absolute Gasteiger partial charge is 0.465 e. The van der Waals surface area contributed by atoms with Crippen molar-refractivity contribution in [3.05, 3.63) is 46.8 Å². The van der Waals surface area contributed by atoms with E-state index in [0.717, 1.165) is 16.2 Å². The number of hydrogen-bond donors (Lipinski definition) is 2. The normalized spacial score (nSPS) is 11.1. The van der Waals surface area contributed by atoms with Crippen molar-refractivity contribution in [3.8, 4) is 0 Å². The topological polar surface area (TPSA) is 102 Å². The van der Waals surface area contributed by atoms with Gasteiger partial charge in [0.1, 0.15) is 4.21 Å². The highest BCUT2D eigenvalue weighted by Gasteiger charge is 2.17. The number of benzene rings is 1. The van der Waals surface area contributed by atoms with Gasteiger partial charge in [0, 0.05) is 10.6 Å². The molecule has 0 aliphatic heterocycles. The summed E-state index contributed by atoms with van der Waals surface area (Å²) in [6.45, 7) is 1.41. The monoisotopic (exact) mass is 368 g/mol. The van der Waals surface area contributed by atoms with Crippen molar-refractivity contribution >= 4 is 38.9 Å².